The normalized spacial score (nSPS) is 19.9. The van der Waals surface area contributed by atoms with Gasteiger partial charge in [-0.25, -0.2) is 0 Å². The predicted octanol–water partition coefficient (Wildman–Crippen LogP) is 2.66. The van der Waals surface area contributed by atoms with E-state index in [-0.39, 0.29) is 17.9 Å². The molecule has 7 heteroatoms. The Kier molecular flexibility index (Phi) is 8.66. The minimum Gasteiger partial charge on any atom is -0.383 e. The van der Waals surface area contributed by atoms with E-state index in [0.717, 1.165) is 45.4 Å². The van der Waals surface area contributed by atoms with Crippen LogP contribution in [0.25, 0.3) is 0 Å². The lowest BCUT2D eigenvalue weighted by atomic mass is 9.84. The van der Waals surface area contributed by atoms with Crippen molar-refractivity contribution in [1.82, 2.24) is 20.1 Å². The van der Waals surface area contributed by atoms with Crippen molar-refractivity contribution in [2.45, 2.75) is 50.7 Å². The van der Waals surface area contributed by atoms with Crippen LogP contribution in [0.3, 0.4) is 0 Å². The Balaban J connectivity index is 1.48. The van der Waals surface area contributed by atoms with E-state index >= 15 is 0 Å². The number of amides is 2. The lowest BCUT2D eigenvalue weighted by molar-refractivity contribution is -0.136. The Labute approximate surface area is 202 Å². The van der Waals surface area contributed by atoms with Crippen LogP contribution in [0.1, 0.15) is 36.8 Å². The van der Waals surface area contributed by atoms with Gasteiger partial charge < -0.3 is 15.0 Å². The fraction of sp³-hybridized carbons (Fsp3) is 0.519. The first-order valence-electron chi connectivity index (χ1n) is 12.4. The smallest absolute Gasteiger partial charge is 0.245 e. The molecule has 2 saturated heterocycles. The fourth-order valence-electron chi connectivity index (χ4n) is 5.27. The van der Waals surface area contributed by atoms with Gasteiger partial charge in [0.15, 0.2) is 0 Å². The van der Waals surface area contributed by atoms with Gasteiger partial charge >= 0.3 is 0 Å². The first-order chi connectivity index (χ1) is 16.6. The van der Waals surface area contributed by atoms with Gasteiger partial charge in [-0.3, -0.25) is 19.5 Å². The van der Waals surface area contributed by atoms with E-state index in [9.17, 15) is 9.59 Å². The highest BCUT2D eigenvalue weighted by molar-refractivity contribution is 5.90. The molecule has 0 aliphatic carbocycles. The summed E-state index contributed by atoms with van der Waals surface area (Å²) < 4.78 is 5.47. The molecule has 2 aliphatic heterocycles. The summed E-state index contributed by atoms with van der Waals surface area (Å²) in [6.07, 6.45) is 7.70. The van der Waals surface area contributed by atoms with Crippen LogP contribution in [-0.4, -0.2) is 72.0 Å². The van der Waals surface area contributed by atoms with Crippen molar-refractivity contribution in [1.29, 1.82) is 0 Å². The van der Waals surface area contributed by atoms with Crippen LogP contribution >= 0.6 is 0 Å². The van der Waals surface area contributed by atoms with Gasteiger partial charge in [-0.05, 0) is 48.8 Å². The molecular formula is C27H36N4O3. The average Bonchev–Trinajstić information content (AvgIpc) is 3.32. The number of aromatic nitrogens is 1. The second kappa shape index (κ2) is 12.1. The van der Waals surface area contributed by atoms with E-state index in [4.69, 9.17) is 4.74 Å². The van der Waals surface area contributed by atoms with Crippen LogP contribution in [0.15, 0.2) is 54.9 Å². The van der Waals surface area contributed by atoms with E-state index in [1.165, 1.54) is 11.1 Å². The summed E-state index contributed by atoms with van der Waals surface area (Å²) in [6.45, 7) is 3.82. The number of methoxy groups -OCH3 is 1. The summed E-state index contributed by atoms with van der Waals surface area (Å²) in [6, 6.07) is 14.8. The second-order valence-electron chi connectivity index (χ2n) is 9.40. The highest BCUT2D eigenvalue weighted by Crippen LogP contribution is 2.29. The minimum atomic E-state index is -0.340. The van der Waals surface area contributed by atoms with Crippen LogP contribution in [0.2, 0.25) is 0 Å². The van der Waals surface area contributed by atoms with Crippen molar-refractivity contribution in [3.05, 3.63) is 66.0 Å². The number of likely N-dealkylation sites (tertiary alicyclic amines) is 1. The number of rotatable bonds is 10. The molecule has 0 radical (unpaired) electrons. The van der Waals surface area contributed by atoms with Crippen molar-refractivity contribution < 1.29 is 14.3 Å². The lowest BCUT2D eigenvalue weighted by Crippen LogP contribution is -2.51. The van der Waals surface area contributed by atoms with Crippen molar-refractivity contribution >= 4 is 11.8 Å². The van der Waals surface area contributed by atoms with E-state index in [1.807, 2.05) is 23.4 Å². The molecule has 1 aromatic carbocycles. The average molecular weight is 465 g/mol. The van der Waals surface area contributed by atoms with Gasteiger partial charge in [0, 0.05) is 58.1 Å². The van der Waals surface area contributed by atoms with Crippen LogP contribution in [-0.2, 0) is 27.3 Å². The van der Waals surface area contributed by atoms with E-state index in [2.05, 4.69) is 51.6 Å². The molecule has 0 saturated carbocycles. The number of carbonyl (C=O) groups excluding carboxylic acids is 2. The maximum Gasteiger partial charge on any atom is 0.245 e. The maximum atomic E-state index is 12.9. The standard InChI is InChI=1S/C27H36N4O3/c1-34-17-16-31(20-22-8-5-13-28-19-22)25(18-21-6-3-2-4-7-21)23-11-14-30(15-12-23)27(33)24-9-10-26(32)29-24/h2-8,13,19,23-25H,9-12,14-18,20H2,1H3,(H,29,32)/t24-,25-/m0/s1. The largest absolute Gasteiger partial charge is 0.383 e. The molecule has 182 valence electrons. The molecule has 2 amide bonds. The number of hydrogen-bond donors (Lipinski definition) is 1. The number of carbonyl (C=O) groups is 2. The monoisotopic (exact) mass is 464 g/mol. The van der Waals surface area contributed by atoms with Crippen molar-refractivity contribution in [2.75, 3.05) is 33.4 Å². The predicted molar refractivity (Wildman–Crippen MR) is 131 cm³/mol. The van der Waals surface area contributed by atoms with Crippen molar-refractivity contribution in [3.63, 3.8) is 0 Å². The van der Waals surface area contributed by atoms with E-state index < -0.39 is 0 Å². The van der Waals surface area contributed by atoms with Gasteiger partial charge in [0.2, 0.25) is 11.8 Å². The highest BCUT2D eigenvalue weighted by atomic mass is 16.5. The molecule has 34 heavy (non-hydrogen) atoms. The van der Waals surface area contributed by atoms with Crippen LogP contribution < -0.4 is 5.32 Å². The topological polar surface area (TPSA) is 74.8 Å². The van der Waals surface area contributed by atoms with Gasteiger partial charge in [-0.1, -0.05) is 36.4 Å². The number of nitrogens with one attached hydrogen (secondary N) is 1. The van der Waals surface area contributed by atoms with Gasteiger partial charge in [0.25, 0.3) is 0 Å². The summed E-state index contributed by atoms with van der Waals surface area (Å²) in [7, 11) is 1.75. The number of hydrogen-bond acceptors (Lipinski definition) is 5. The molecule has 0 spiro atoms. The van der Waals surface area contributed by atoms with E-state index in [0.29, 0.717) is 31.4 Å². The Morgan fingerprint density at radius 1 is 1.15 bits per heavy atom. The highest BCUT2D eigenvalue weighted by Gasteiger charge is 2.35. The quantitative estimate of drug-likeness (QED) is 0.585. The number of benzene rings is 1. The third-order valence-electron chi connectivity index (χ3n) is 7.14. The minimum absolute atomic E-state index is 0.0136. The Morgan fingerprint density at radius 2 is 1.91 bits per heavy atom. The van der Waals surface area contributed by atoms with Crippen LogP contribution in [0.5, 0.6) is 0 Å². The number of piperidine rings is 1. The second-order valence-corrected chi connectivity index (χ2v) is 9.40. The molecule has 2 fully saturated rings. The molecule has 0 bridgehead atoms. The van der Waals surface area contributed by atoms with Gasteiger partial charge in [0.1, 0.15) is 6.04 Å². The Bertz CT molecular complexity index is 916. The molecule has 2 aromatic rings. The van der Waals surface area contributed by atoms with Gasteiger partial charge in [0.05, 0.1) is 6.61 Å². The number of pyridine rings is 1. The summed E-state index contributed by atoms with van der Waals surface area (Å²) >= 11 is 0. The van der Waals surface area contributed by atoms with Crippen LogP contribution in [0.4, 0.5) is 0 Å². The zero-order valence-electron chi connectivity index (χ0n) is 20.1. The summed E-state index contributed by atoms with van der Waals surface area (Å²) in [4.78, 5) is 33.3. The molecule has 3 heterocycles. The zero-order chi connectivity index (χ0) is 23.8. The van der Waals surface area contributed by atoms with Crippen molar-refractivity contribution in [2.24, 2.45) is 5.92 Å². The third kappa shape index (κ3) is 6.42. The molecule has 7 nitrogen and oxygen atoms in total. The van der Waals surface area contributed by atoms with Gasteiger partial charge in [-0.15, -0.1) is 0 Å². The molecule has 1 aromatic heterocycles. The summed E-state index contributed by atoms with van der Waals surface area (Å²) in [5, 5.41) is 2.83. The number of nitrogens with zero attached hydrogens (tertiary/aromatic N) is 3. The molecule has 1 N–H and O–H groups in total. The van der Waals surface area contributed by atoms with E-state index in [1.54, 1.807) is 7.11 Å². The van der Waals surface area contributed by atoms with Gasteiger partial charge in [-0.2, -0.15) is 0 Å². The number of ether oxygens (including phenoxy) is 1. The lowest BCUT2D eigenvalue weighted by Gasteiger charge is -2.42. The molecule has 2 aliphatic rings. The van der Waals surface area contributed by atoms with Crippen molar-refractivity contribution in [3.8, 4) is 0 Å². The SMILES string of the molecule is COCCN(Cc1cccnc1)[C@@H](Cc1ccccc1)C1CCN(C(=O)[C@@H]2CCC(=O)N2)CC1. The summed E-state index contributed by atoms with van der Waals surface area (Å²) in [5.74, 6) is 0.534. The third-order valence-corrected chi connectivity index (χ3v) is 7.14. The Hall–Kier alpha value is -2.77. The molecule has 4 rings (SSSR count). The molecule has 0 unspecified atom stereocenters. The summed E-state index contributed by atoms with van der Waals surface area (Å²) in [5.41, 5.74) is 2.52. The maximum absolute atomic E-state index is 12.9. The van der Waals surface area contributed by atoms with Crippen LogP contribution in [0, 0.1) is 5.92 Å². The molecular weight excluding hydrogens is 428 g/mol. The Morgan fingerprint density at radius 3 is 2.56 bits per heavy atom. The molecule has 2 atom stereocenters. The fourth-order valence-corrected chi connectivity index (χ4v) is 5.27. The first kappa shape index (κ1) is 24.4. The zero-order valence-corrected chi connectivity index (χ0v) is 20.1. The first-order valence-corrected chi connectivity index (χ1v) is 12.4.